The third-order valence-electron chi connectivity index (χ3n) is 4.07. The standard InChI is InChI=1S/C16H24N2O2/c1-17-16(20)14-8-6-12(7-9-14)10-18-11-15(19)13-4-2-3-5-13/h6-9,13,15,18-19H,2-5,10-11H2,1H3,(H,17,20). The Morgan fingerprint density at radius 1 is 1.30 bits per heavy atom. The normalized spacial score (nSPS) is 17.1. The first-order valence-electron chi connectivity index (χ1n) is 7.40. The number of carbonyl (C=O) groups excluding carboxylic acids is 1. The van der Waals surface area contributed by atoms with Gasteiger partial charge in [0.1, 0.15) is 0 Å². The first-order chi connectivity index (χ1) is 9.70. The molecule has 1 aromatic carbocycles. The topological polar surface area (TPSA) is 61.4 Å². The van der Waals surface area contributed by atoms with Crippen molar-refractivity contribution in [1.82, 2.24) is 10.6 Å². The fourth-order valence-corrected chi connectivity index (χ4v) is 2.79. The van der Waals surface area contributed by atoms with E-state index in [9.17, 15) is 9.90 Å². The quantitative estimate of drug-likeness (QED) is 0.741. The summed E-state index contributed by atoms with van der Waals surface area (Å²) in [6.07, 6.45) is 4.58. The molecule has 0 radical (unpaired) electrons. The molecular formula is C16H24N2O2. The van der Waals surface area contributed by atoms with Crippen LogP contribution < -0.4 is 10.6 Å². The van der Waals surface area contributed by atoms with Crippen LogP contribution in [0.15, 0.2) is 24.3 Å². The molecular weight excluding hydrogens is 252 g/mol. The van der Waals surface area contributed by atoms with Crippen LogP contribution in [0.3, 0.4) is 0 Å². The van der Waals surface area contributed by atoms with Crippen molar-refractivity contribution >= 4 is 5.91 Å². The van der Waals surface area contributed by atoms with Crippen molar-refractivity contribution in [3.05, 3.63) is 35.4 Å². The highest BCUT2D eigenvalue weighted by Gasteiger charge is 2.22. The third kappa shape index (κ3) is 4.05. The summed E-state index contributed by atoms with van der Waals surface area (Å²) in [5, 5.41) is 16.0. The van der Waals surface area contributed by atoms with Crippen LogP contribution in [0.25, 0.3) is 0 Å². The zero-order valence-electron chi connectivity index (χ0n) is 12.1. The molecule has 0 spiro atoms. The number of nitrogens with one attached hydrogen (secondary N) is 2. The maximum Gasteiger partial charge on any atom is 0.251 e. The van der Waals surface area contributed by atoms with Crippen molar-refractivity contribution < 1.29 is 9.90 Å². The number of hydrogen-bond acceptors (Lipinski definition) is 3. The smallest absolute Gasteiger partial charge is 0.251 e. The van der Waals surface area contributed by atoms with Gasteiger partial charge in [-0.2, -0.15) is 0 Å². The van der Waals surface area contributed by atoms with E-state index in [1.54, 1.807) is 7.05 Å². The minimum Gasteiger partial charge on any atom is -0.392 e. The number of carbonyl (C=O) groups is 1. The third-order valence-corrected chi connectivity index (χ3v) is 4.07. The SMILES string of the molecule is CNC(=O)c1ccc(CNCC(O)C2CCCC2)cc1. The van der Waals surface area contributed by atoms with Crippen molar-refractivity contribution in [1.29, 1.82) is 0 Å². The monoisotopic (exact) mass is 276 g/mol. The first kappa shape index (κ1) is 15.0. The summed E-state index contributed by atoms with van der Waals surface area (Å²) in [7, 11) is 1.63. The molecule has 1 aliphatic rings. The second kappa shape index (κ2) is 7.41. The molecule has 0 aromatic heterocycles. The second-order valence-electron chi connectivity index (χ2n) is 5.52. The fourth-order valence-electron chi connectivity index (χ4n) is 2.79. The predicted molar refractivity (Wildman–Crippen MR) is 79.5 cm³/mol. The Balaban J connectivity index is 1.75. The Kier molecular flexibility index (Phi) is 5.56. The summed E-state index contributed by atoms with van der Waals surface area (Å²) >= 11 is 0. The van der Waals surface area contributed by atoms with Crippen LogP contribution in [0.2, 0.25) is 0 Å². The maximum absolute atomic E-state index is 11.4. The molecule has 0 saturated heterocycles. The van der Waals surface area contributed by atoms with E-state index in [1.165, 1.54) is 12.8 Å². The Bertz CT molecular complexity index is 425. The van der Waals surface area contributed by atoms with Crippen LogP contribution in [0.4, 0.5) is 0 Å². The molecule has 2 rings (SSSR count). The molecule has 1 unspecified atom stereocenters. The molecule has 4 heteroatoms. The zero-order chi connectivity index (χ0) is 14.4. The van der Waals surface area contributed by atoms with Crippen LogP contribution in [-0.2, 0) is 6.54 Å². The van der Waals surface area contributed by atoms with Crippen molar-refractivity contribution in [2.75, 3.05) is 13.6 Å². The highest BCUT2D eigenvalue weighted by atomic mass is 16.3. The molecule has 1 fully saturated rings. The van der Waals surface area contributed by atoms with Gasteiger partial charge in [-0.25, -0.2) is 0 Å². The Labute approximate surface area is 120 Å². The predicted octanol–water partition coefficient (Wildman–Crippen LogP) is 1.69. The molecule has 1 atom stereocenters. The Morgan fingerprint density at radius 3 is 2.55 bits per heavy atom. The van der Waals surface area contributed by atoms with Gasteiger partial charge >= 0.3 is 0 Å². The molecule has 1 saturated carbocycles. The molecule has 0 aliphatic heterocycles. The van der Waals surface area contributed by atoms with E-state index >= 15 is 0 Å². The lowest BCUT2D eigenvalue weighted by atomic mass is 10.0. The van der Waals surface area contributed by atoms with Crippen molar-refractivity contribution in [3.8, 4) is 0 Å². The van der Waals surface area contributed by atoms with Crippen LogP contribution in [-0.4, -0.2) is 30.7 Å². The molecule has 20 heavy (non-hydrogen) atoms. The molecule has 0 heterocycles. The van der Waals surface area contributed by atoms with Crippen molar-refractivity contribution in [2.24, 2.45) is 5.92 Å². The highest BCUT2D eigenvalue weighted by Crippen LogP contribution is 2.27. The van der Waals surface area contributed by atoms with Gasteiger partial charge in [0.2, 0.25) is 0 Å². The zero-order valence-corrected chi connectivity index (χ0v) is 12.1. The summed E-state index contributed by atoms with van der Waals surface area (Å²) < 4.78 is 0. The Hall–Kier alpha value is -1.39. The average molecular weight is 276 g/mol. The van der Waals surface area contributed by atoms with Gasteiger partial charge in [-0.1, -0.05) is 25.0 Å². The van der Waals surface area contributed by atoms with Crippen LogP contribution in [0.5, 0.6) is 0 Å². The number of benzene rings is 1. The number of hydrogen-bond donors (Lipinski definition) is 3. The summed E-state index contributed by atoms with van der Waals surface area (Å²) in [5.41, 5.74) is 1.79. The molecule has 3 N–H and O–H groups in total. The lowest BCUT2D eigenvalue weighted by Gasteiger charge is -2.18. The van der Waals surface area contributed by atoms with E-state index in [1.807, 2.05) is 24.3 Å². The number of amides is 1. The fraction of sp³-hybridized carbons (Fsp3) is 0.562. The van der Waals surface area contributed by atoms with Crippen LogP contribution in [0, 0.1) is 5.92 Å². The highest BCUT2D eigenvalue weighted by molar-refractivity contribution is 5.93. The van der Waals surface area contributed by atoms with E-state index in [-0.39, 0.29) is 12.0 Å². The van der Waals surface area contributed by atoms with E-state index in [4.69, 9.17) is 0 Å². The molecule has 1 aliphatic carbocycles. The van der Waals surface area contributed by atoms with E-state index < -0.39 is 0 Å². The van der Waals surface area contributed by atoms with Gasteiger partial charge in [0.15, 0.2) is 0 Å². The van der Waals surface area contributed by atoms with E-state index in [0.717, 1.165) is 24.9 Å². The minimum absolute atomic E-state index is 0.0684. The lowest BCUT2D eigenvalue weighted by Crippen LogP contribution is -2.31. The van der Waals surface area contributed by atoms with Crippen LogP contribution >= 0.6 is 0 Å². The molecule has 110 valence electrons. The van der Waals surface area contributed by atoms with Crippen molar-refractivity contribution in [2.45, 2.75) is 38.3 Å². The molecule has 1 aromatic rings. The minimum atomic E-state index is -0.234. The summed E-state index contributed by atoms with van der Waals surface area (Å²) in [5.74, 6) is 0.402. The first-order valence-corrected chi connectivity index (χ1v) is 7.40. The second-order valence-corrected chi connectivity index (χ2v) is 5.52. The average Bonchev–Trinajstić information content (AvgIpc) is 3.01. The molecule has 4 nitrogen and oxygen atoms in total. The summed E-state index contributed by atoms with van der Waals surface area (Å²) in [6.45, 7) is 1.36. The van der Waals surface area contributed by atoms with E-state index in [2.05, 4.69) is 10.6 Å². The van der Waals surface area contributed by atoms with Crippen LogP contribution in [0.1, 0.15) is 41.6 Å². The van der Waals surface area contributed by atoms with Gasteiger partial charge in [-0.05, 0) is 36.5 Å². The maximum atomic E-state index is 11.4. The number of rotatable bonds is 6. The molecule has 1 amide bonds. The molecule has 0 bridgehead atoms. The van der Waals surface area contributed by atoms with Crippen molar-refractivity contribution in [3.63, 3.8) is 0 Å². The van der Waals surface area contributed by atoms with Gasteiger partial charge in [0.05, 0.1) is 6.10 Å². The largest absolute Gasteiger partial charge is 0.392 e. The van der Waals surface area contributed by atoms with Gasteiger partial charge in [-0.3, -0.25) is 4.79 Å². The van der Waals surface area contributed by atoms with Gasteiger partial charge < -0.3 is 15.7 Å². The Morgan fingerprint density at radius 2 is 1.95 bits per heavy atom. The number of aliphatic hydroxyl groups excluding tert-OH is 1. The van der Waals surface area contributed by atoms with Gasteiger partial charge in [-0.15, -0.1) is 0 Å². The number of aliphatic hydroxyl groups is 1. The summed E-state index contributed by atoms with van der Waals surface area (Å²) in [6, 6.07) is 7.53. The summed E-state index contributed by atoms with van der Waals surface area (Å²) in [4.78, 5) is 11.4. The lowest BCUT2D eigenvalue weighted by molar-refractivity contribution is 0.0963. The van der Waals surface area contributed by atoms with Gasteiger partial charge in [0.25, 0.3) is 5.91 Å². The van der Waals surface area contributed by atoms with E-state index in [0.29, 0.717) is 18.0 Å². The van der Waals surface area contributed by atoms with Gasteiger partial charge in [0, 0.05) is 25.7 Å².